The molecular formula is C20H26O2. The van der Waals surface area contributed by atoms with Crippen molar-refractivity contribution >= 4 is 5.97 Å². The third kappa shape index (κ3) is 1.89. The van der Waals surface area contributed by atoms with E-state index in [0.717, 1.165) is 24.2 Å². The van der Waals surface area contributed by atoms with E-state index in [1.165, 1.54) is 43.2 Å². The highest BCUT2D eigenvalue weighted by atomic mass is 16.4. The normalized spacial score (nSPS) is 39.7. The third-order valence-electron chi connectivity index (χ3n) is 7.45. The number of aryl methyl sites for hydroxylation is 1. The van der Waals surface area contributed by atoms with Crippen LogP contribution < -0.4 is 0 Å². The van der Waals surface area contributed by atoms with Crippen molar-refractivity contribution in [2.24, 2.45) is 23.2 Å². The second-order valence-electron chi connectivity index (χ2n) is 8.16. The molecule has 5 atom stereocenters. The fourth-order valence-electron chi connectivity index (χ4n) is 5.98. The highest BCUT2D eigenvalue weighted by Crippen LogP contribution is 2.62. The lowest BCUT2D eigenvalue weighted by Crippen LogP contribution is -2.41. The van der Waals surface area contributed by atoms with E-state index in [0.29, 0.717) is 16.9 Å². The van der Waals surface area contributed by atoms with Crippen molar-refractivity contribution < 1.29 is 9.90 Å². The average molecular weight is 298 g/mol. The molecule has 1 N–H and O–H groups in total. The first-order valence-electron chi connectivity index (χ1n) is 8.87. The van der Waals surface area contributed by atoms with Gasteiger partial charge in [-0.1, -0.05) is 19.9 Å². The fourth-order valence-corrected chi connectivity index (χ4v) is 5.98. The second-order valence-corrected chi connectivity index (χ2v) is 8.16. The number of carboxylic acid groups (broad SMARTS) is 1. The summed E-state index contributed by atoms with van der Waals surface area (Å²) in [7, 11) is 0. The molecule has 2 fully saturated rings. The lowest BCUT2D eigenvalue weighted by molar-refractivity contribution is 0.0336. The first-order valence-corrected chi connectivity index (χ1v) is 8.87. The highest BCUT2D eigenvalue weighted by molar-refractivity contribution is 5.88. The molecule has 0 heterocycles. The number of aromatic carboxylic acids is 1. The molecule has 3 aliphatic carbocycles. The summed E-state index contributed by atoms with van der Waals surface area (Å²) >= 11 is 0. The SMILES string of the molecule is C[C@H]1CCC2C3CCc4cc(C(=O)O)ccc4C3CC[C@@]21C. The summed E-state index contributed by atoms with van der Waals surface area (Å²) in [6.07, 6.45) is 7.77. The van der Waals surface area contributed by atoms with Gasteiger partial charge in [-0.3, -0.25) is 0 Å². The second kappa shape index (κ2) is 4.84. The van der Waals surface area contributed by atoms with Crippen molar-refractivity contribution in [3.63, 3.8) is 0 Å². The van der Waals surface area contributed by atoms with Crippen LogP contribution in [-0.4, -0.2) is 11.1 Å². The summed E-state index contributed by atoms with van der Waals surface area (Å²) in [5, 5.41) is 9.20. The molecule has 1 aromatic carbocycles. The third-order valence-corrected chi connectivity index (χ3v) is 7.45. The van der Waals surface area contributed by atoms with Crippen molar-refractivity contribution in [1.29, 1.82) is 0 Å². The van der Waals surface area contributed by atoms with E-state index in [1.54, 1.807) is 0 Å². The van der Waals surface area contributed by atoms with E-state index in [2.05, 4.69) is 19.9 Å². The van der Waals surface area contributed by atoms with Crippen LogP contribution in [0.25, 0.3) is 0 Å². The number of carboxylic acids is 1. The predicted octanol–water partition coefficient (Wildman–Crippen LogP) is 4.88. The minimum Gasteiger partial charge on any atom is -0.478 e. The molecule has 2 nitrogen and oxygen atoms in total. The zero-order chi connectivity index (χ0) is 15.5. The first kappa shape index (κ1) is 14.3. The monoisotopic (exact) mass is 298 g/mol. The lowest BCUT2D eigenvalue weighted by atomic mass is 9.54. The summed E-state index contributed by atoms with van der Waals surface area (Å²) in [5.74, 6) is 2.45. The van der Waals surface area contributed by atoms with Gasteiger partial charge in [-0.2, -0.15) is 0 Å². The number of carbonyl (C=O) groups is 1. The summed E-state index contributed by atoms with van der Waals surface area (Å²) in [6, 6.07) is 5.87. The predicted molar refractivity (Wildman–Crippen MR) is 87.2 cm³/mol. The Labute approximate surface area is 132 Å². The molecule has 0 spiro atoms. The van der Waals surface area contributed by atoms with E-state index in [4.69, 9.17) is 0 Å². The Morgan fingerprint density at radius 3 is 2.82 bits per heavy atom. The Hall–Kier alpha value is -1.31. The molecule has 2 saturated carbocycles. The van der Waals surface area contributed by atoms with Gasteiger partial charge in [0.15, 0.2) is 0 Å². The van der Waals surface area contributed by atoms with E-state index in [9.17, 15) is 9.90 Å². The van der Waals surface area contributed by atoms with Crippen LogP contribution in [0, 0.1) is 23.2 Å². The Kier molecular flexibility index (Phi) is 3.15. The standard InChI is InChI=1S/C20H26O2/c1-12-3-8-18-17-7-4-13-11-14(19(21)22)5-6-15(13)16(17)9-10-20(12,18)2/h5-6,11-12,16-18H,3-4,7-10H2,1-2H3,(H,21,22)/t12-,16?,17?,18?,20+/m0/s1. The maximum absolute atomic E-state index is 11.2. The largest absolute Gasteiger partial charge is 0.478 e. The maximum Gasteiger partial charge on any atom is 0.335 e. The van der Waals surface area contributed by atoms with Crippen LogP contribution in [0.2, 0.25) is 0 Å². The Bertz CT molecular complexity index is 620. The molecule has 0 aliphatic heterocycles. The summed E-state index contributed by atoms with van der Waals surface area (Å²) < 4.78 is 0. The molecule has 118 valence electrons. The zero-order valence-corrected chi connectivity index (χ0v) is 13.6. The van der Waals surface area contributed by atoms with Crippen molar-refractivity contribution in [3.05, 3.63) is 34.9 Å². The zero-order valence-electron chi connectivity index (χ0n) is 13.6. The van der Waals surface area contributed by atoms with E-state index < -0.39 is 5.97 Å². The van der Waals surface area contributed by atoms with Gasteiger partial charge in [-0.05, 0) is 90.9 Å². The number of hydrogen-bond acceptors (Lipinski definition) is 1. The van der Waals surface area contributed by atoms with Gasteiger partial charge in [0.1, 0.15) is 0 Å². The molecular weight excluding hydrogens is 272 g/mol. The van der Waals surface area contributed by atoms with E-state index in [-0.39, 0.29) is 0 Å². The van der Waals surface area contributed by atoms with Gasteiger partial charge in [0, 0.05) is 0 Å². The van der Waals surface area contributed by atoms with Crippen LogP contribution in [0.3, 0.4) is 0 Å². The molecule has 2 heteroatoms. The lowest BCUT2D eigenvalue weighted by Gasteiger charge is -2.50. The van der Waals surface area contributed by atoms with Gasteiger partial charge in [0.25, 0.3) is 0 Å². The maximum atomic E-state index is 11.2. The smallest absolute Gasteiger partial charge is 0.335 e. The number of benzene rings is 1. The van der Waals surface area contributed by atoms with Gasteiger partial charge in [-0.25, -0.2) is 4.79 Å². The molecule has 3 unspecified atom stereocenters. The molecule has 22 heavy (non-hydrogen) atoms. The van der Waals surface area contributed by atoms with Crippen molar-refractivity contribution in [2.45, 2.75) is 58.3 Å². The topological polar surface area (TPSA) is 37.3 Å². The molecule has 0 bridgehead atoms. The number of rotatable bonds is 1. The van der Waals surface area contributed by atoms with Crippen molar-refractivity contribution in [2.75, 3.05) is 0 Å². The van der Waals surface area contributed by atoms with Crippen LogP contribution in [-0.2, 0) is 6.42 Å². The van der Waals surface area contributed by atoms with Gasteiger partial charge < -0.3 is 5.11 Å². The van der Waals surface area contributed by atoms with Gasteiger partial charge >= 0.3 is 5.97 Å². The van der Waals surface area contributed by atoms with E-state index >= 15 is 0 Å². The average Bonchev–Trinajstić information content (AvgIpc) is 2.82. The molecule has 4 rings (SSSR count). The number of fused-ring (bicyclic) bond motifs is 5. The van der Waals surface area contributed by atoms with E-state index in [1.807, 2.05) is 12.1 Å². The van der Waals surface area contributed by atoms with Crippen LogP contribution in [0.4, 0.5) is 0 Å². The minimum absolute atomic E-state index is 0.451. The Morgan fingerprint density at radius 1 is 1.23 bits per heavy atom. The first-order chi connectivity index (χ1) is 10.5. The van der Waals surface area contributed by atoms with Crippen molar-refractivity contribution in [3.8, 4) is 0 Å². The van der Waals surface area contributed by atoms with Crippen LogP contribution in [0.15, 0.2) is 18.2 Å². The van der Waals surface area contributed by atoms with Gasteiger partial charge in [0.05, 0.1) is 5.56 Å². The Balaban J connectivity index is 1.69. The summed E-state index contributed by atoms with van der Waals surface area (Å²) in [5.41, 5.74) is 3.77. The Morgan fingerprint density at radius 2 is 2.05 bits per heavy atom. The molecule has 3 aliphatic rings. The molecule has 1 aromatic rings. The molecule has 0 radical (unpaired) electrons. The van der Waals surface area contributed by atoms with Crippen LogP contribution in [0.5, 0.6) is 0 Å². The van der Waals surface area contributed by atoms with Gasteiger partial charge in [0.2, 0.25) is 0 Å². The molecule has 0 saturated heterocycles. The molecule has 0 amide bonds. The number of hydrogen-bond donors (Lipinski definition) is 1. The van der Waals surface area contributed by atoms with Crippen molar-refractivity contribution in [1.82, 2.24) is 0 Å². The summed E-state index contributed by atoms with van der Waals surface area (Å²) in [4.78, 5) is 11.2. The van der Waals surface area contributed by atoms with Crippen LogP contribution >= 0.6 is 0 Å². The minimum atomic E-state index is -0.800. The quantitative estimate of drug-likeness (QED) is 0.802. The molecule has 0 aromatic heterocycles. The summed E-state index contributed by atoms with van der Waals surface area (Å²) in [6.45, 7) is 4.99. The van der Waals surface area contributed by atoms with Gasteiger partial charge in [-0.15, -0.1) is 0 Å². The highest BCUT2D eigenvalue weighted by Gasteiger charge is 2.53. The fraction of sp³-hybridized carbons (Fsp3) is 0.650. The van der Waals surface area contributed by atoms with Crippen LogP contribution in [0.1, 0.15) is 73.4 Å².